The van der Waals surface area contributed by atoms with Gasteiger partial charge in [0.05, 0.1) is 5.56 Å². The lowest BCUT2D eigenvalue weighted by molar-refractivity contribution is -0.136. The van der Waals surface area contributed by atoms with Gasteiger partial charge in [0.15, 0.2) is 5.78 Å². The van der Waals surface area contributed by atoms with E-state index in [0.717, 1.165) is 24.1 Å². The molecule has 0 bridgehead atoms. The molecule has 2 fully saturated rings. The SMILES string of the molecule is CC(=O)c1cccnc1N1CCc2c(CNC(=O)C3CC4(C3)NC(=O)NC4=O)cccc2C1. The number of fused-ring (bicyclic) bond motifs is 1. The first-order chi connectivity index (χ1) is 15.9. The second kappa shape index (κ2) is 7.99. The quantitative estimate of drug-likeness (QED) is 0.471. The molecule has 1 saturated heterocycles. The van der Waals surface area contributed by atoms with Gasteiger partial charge in [-0.25, -0.2) is 9.78 Å². The Morgan fingerprint density at radius 1 is 1.21 bits per heavy atom. The van der Waals surface area contributed by atoms with E-state index < -0.39 is 11.6 Å². The molecule has 5 rings (SSSR count). The van der Waals surface area contributed by atoms with Gasteiger partial charge in [0.25, 0.3) is 5.91 Å². The highest BCUT2D eigenvalue weighted by atomic mass is 16.2. The highest BCUT2D eigenvalue weighted by molar-refractivity contribution is 6.08. The number of benzene rings is 1. The highest BCUT2D eigenvalue weighted by Gasteiger charge is 2.57. The molecular formula is C24H25N5O4. The largest absolute Gasteiger partial charge is 0.352 e. The predicted molar refractivity (Wildman–Crippen MR) is 119 cm³/mol. The lowest BCUT2D eigenvalue weighted by atomic mass is 9.68. The van der Waals surface area contributed by atoms with Gasteiger partial charge in [-0.2, -0.15) is 0 Å². The average Bonchev–Trinajstić information content (AvgIpc) is 3.09. The van der Waals surface area contributed by atoms with Crippen molar-refractivity contribution in [3.05, 3.63) is 58.8 Å². The van der Waals surface area contributed by atoms with E-state index in [1.807, 2.05) is 12.1 Å². The summed E-state index contributed by atoms with van der Waals surface area (Å²) in [7, 11) is 0. The van der Waals surface area contributed by atoms with E-state index in [9.17, 15) is 19.2 Å². The van der Waals surface area contributed by atoms with Crippen LogP contribution in [0.1, 0.15) is 46.8 Å². The summed E-state index contributed by atoms with van der Waals surface area (Å²) in [4.78, 5) is 54.5. The van der Waals surface area contributed by atoms with Gasteiger partial charge in [0, 0.05) is 31.7 Å². The lowest BCUT2D eigenvalue weighted by Gasteiger charge is -2.41. The molecule has 4 amide bonds. The molecule has 1 aliphatic carbocycles. The Balaban J connectivity index is 1.23. The number of hydrogen-bond acceptors (Lipinski definition) is 6. The summed E-state index contributed by atoms with van der Waals surface area (Å²) in [6, 6.07) is 9.15. The third kappa shape index (κ3) is 3.73. The van der Waals surface area contributed by atoms with Crippen molar-refractivity contribution in [1.29, 1.82) is 0 Å². The van der Waals surface area contributed by atoms with Crippen molar-refractivity contribution in [1.82, 2.24) is 20.9 Å². The number of Topliss-reactive ketones (excluding diaryl/α,β-unsaturated/α-hetero) is 1. The zero-order valence-electron chi connectivity index (χ0n) is 18.3. The standard InChI is InChI=1S/C24H25N5O4/c1-14(30)18-6-3-8-25-20(18)29-9-7-19-15(4-2-5-16(19)13-29)12-26-21(31)17-10-24(11-17)22(32)27-23(33)28-24/h2-6,8,17H,7,9-13H2,1H3,(H,26,31)(H2,27,28,32,33). The summed E-state index contributed by atoms with van der Waals surface area (Å²) in [5.74, 6) is -0.0503. The number of nitrogens with one attached hydrogen (secondary N) is 3. The monoisotopic (exact) mass is 447 g/mol. The second-order valence-electron chi connectivity index (χ2n) is 8.97. The molecule has 1 aromatic heterocycles. The molecule has 170 valence electrons. The zero-order valence-corrected chi connectivity index (χ0v) is 18.3. The summed E-state index contributed by atoms with van der Waals surface area (Å²) in [5, 5.41) is 7.87. The van der Waals surface area contributed by atoms with Crippen LogP contribution >= 0.6 is 0 Å². The molecule has 3 heterocycles. The molecular weight excluding hydrogens is 422 g/mol. The molecule has 1 aromatic carbocycles. The first-order valence-corrected chi connectivity index (χ1v) is 11.1. The Labute approximate surface area is 190 Å². The molecule has 1 spiro atoms. The van der Waals surface area contributed by atoms with Crippen LogP contribution in [-0.4, -0.2) is 40.7 Å². The van der Waals surface area contributed by atoms with Crippen molar-refractivity contribution in [3.8, 4) is 0 Å². The van der Waals surface area contributed by atoms with Crippen molar-refractivity contribution < 1.29 is 19.2 Å². The van der Waals surface area contributed by atoms with Crippen molar-refractivity contribution in [3.63, 3.8) is 0 Å². The first kappa shape index (κ1) is 21.1. The van der Waals surface area contributed by atoms with E-state index in [-0.39, 0.29) is 23.5 Å². The number of rotatable bonds is 5. The van der Waals surface area contributed by atoms with Crippen LogP contribution < -0.4 is 20.9 Å². The molecule has 1 saturated carbocycles. The molecule has 9 nitrogen and oxygen atoms in total. The minimum Gasteiger partial charge on any atom is -0.352 e. The Morgan fingerprint density at radius 3 is 2.76 bits per heavy atom. The van der Waals surface area contributed by atoms with Crippen molar-refractivity contribution in [2.45, 2.75) is 44.8 Å². The predicted octanol–water partition coefficient (Wildman–Crippen LogP) is 1.45. The van der Waals surface area contributed by atoms with E-state index >= 15 is 0 Å². The number of nitrogens with zero attached hydrogens (tertiary/aromatic N) is 2. The molecule has 0 radical (unpaired) electrons. The van der Waals surface area contributed by atoms with Gasteiger partial charge in [-0.1, -0.05) is 18.2 Å². The average molecular weight is 447 g/mol. The van der Waals surface area contributed by atoms with Gasteiger partial charge >= 0.3 is 6.03 Å². The van der Waals surface area contributed by atoms with Gasteiger partial charge in [-0.05, 0) is 55.0 Å². The number of carbonyl (C=O) groups excluding carboxylic acids is 4. The van der Waals surface area contributed by atoms with Gasteiger partial charge in [-0.3, -0.25) is 19.7 Å². The summed E-state index contributed by atoms with van der Waals surface area (Å²) < 4.78 is 0. The molecule has 33 heavy (non-hydrogen) atoms. The lowest BCUT2D eigenvalue weighted by Crippen LogP contribution is -2.60. The smallest absolute Gasteiger partial charge is 0.322 e. The maximum absolute atomic E-state index is 12.6. The van der Waals surface area contributed by atoms with Gasteiger partial charge in [0.2, 0.25) is 5.91 Å². The Hall–Kier alpha value is -3.75. The molecule has 2 aromatic rings. The van der Waals surface area contributed by atoms with Crippen molar-refractivity contribution >= 4 is 29.4 Å². The number of amides is 4. The summed E-state index contributed by atoms with van der Waals surface area (Å²) >= 11 is 0. The van der Waals surface area contributed by atoms with Gasteiger partial charge in [0.1, 0.15) is 11.4 Å². The number of imide groups is 1. The van der Waals surface area contributed by atoms with Crippen molar-refractivity contribution in [2.24, 2.45) is 5.92 Å². The van der Waals surface area contributed by atoms with E-state index in [1.165, 1.54) is 5.56 Å². The Kier molecular flexibility index (Phi) is 5.11. The van der Waals surface area contributed by atoms with E-state index in [1.54, 1.807) is 25.3 Å². The molecule has 9 heteroatoms. The van der Waals surface area contributed by atoms with Crippen LogP contribution in [0.3, 0.4) is 0 Å². The van der Waals surface area contributed by atoms with Crippen LogP contribution in [0, 0.1) is 5.92 Å². The highest BCUT2D eigenvalue weighted by Crippen LogP contribution is 2.40. The van der Waals surface area contributed by atoms with E-state index in [4.69, 9.17) is 0 Å². The number of ketones is 1. The maximum atomic E-state index is 12.6. The Morgan fingerprint density at radius 2 is 2.03 bits per heavy atom. The molecule has 3 N–H and O–H groups in total. The summed E-state index contributed by atoms with van der Waals surface area (Å²) in [6.07, 6.45) is 3.13. The van der Waals surface area contributed by atoms with Crippen molar-refractivity contribution in [2.75, 3.05) is 11.4 Å². The molecule has 0 atom stereocenters. The fraction of sp³-hybridized carbons (Fsp3) is 0.375. The van der Waals surface area contributed by atoms with Gasteiger partial charge in [-0.15, -0.1) is 0 Å². The van der Waals surface area contributed by atoms with Gasteiger partial charge < -0.3 is 15.5 Å². The molecule has 2 aliphatic heterocycles. The second-order valence-corrected chi connectivity index (χ2v) is 8.97. The van der Waals surface area contributed by atoms with Crippen LogP contribution in [0.5, 0.6) is 0 Å². The zero-order chi connectivity index (χ0) is 23.2. The third-order valence-corrected chi connectivity index (χ3v) is 6.86. The third-order valence-electron chi connectivity index (χ3n) is 6.86. The van der Waals surface area contributed by atoms with Crippen LogP contribution in [0.15, 0.2) is 36.5 Å². The van der Waals surface area contributed by atoms with Crippen LogP contribution in [0.4, 0.5) is 10.6 Å². The topological polar surface area (TPSA) is 120 Å². The minimum atomic E-state index is -0.918. The number of urea groups is 1. The summed E-state index contributed by atoms with van der Waals surface area (Å²) in [6.45, 7) is 3.34. The summed E-state index contributed by atoms with van der Waals surface area (Å²) in [5.41, 5.74) is 3.13. The fourth-order valence-corrected chi connectivity index (χ4v) is 5.07. The van der Waals surface area contributed by atoms with E-state index in [0.29, 0.717) is 37.3 Å². The molecule has 3 aliphatic rings. The number of carbonyl (C=O) groups is 4. The fourth-order valence-electron chi connectivity index (χ4n) is 5.07. The number of anilines is 1. The number of pyridine rings is 1. The minimum absolute atomic E-state index is 0.00668. The van der Waals surface area contributed by atoms with Crippen LogP contribution in [-0.2, 0) is 29.1 Å². The van der Waals surface area contributed by atoms with Crippen LogP contribution in [0.2, 0.25) is 0 Å². The first-order valence-electron chi connectivity index (χ1n) is 11.1. The number of hydrogen-bond donors (Lipinski definition) is 3. The number of aromatic nitrogens is 1. The molecule has 0 unspecified atom stereocenters. The van der Waals surface area contributed by atoms with Crippen LogP contribution in [0.25, 0.3) is 0 Å². The normalized spacial score (nSPS) is 23.4. The maximum Gasteiger partial charge on any atom is 0.322 e. The van der Waals surface area contributed by atoms with E-state index in [2.05, 4.69) is 31.9 Å². The Bertz CT molecular complexity index is 1170.